The Morgan fingerprint density at radius 3 is 2.47 bits per heavy atom. The maximum Gasteiger partial charge on any atom is 0.0991 e. The van der Waals surface area contributed by atoms with Crippen LogP contribution in [0.1, 0.15) is 20.8 Å². The lowest BCUT2D eigenvalue weighted by molar-refractivity contribution is 0.311. The van der Waals surface area contributed by atoms with Crippen LogP contribution in [0.3, 0.4) is 0 Å². The average Bonchev–Trinajstić information content (AvgIpc) is 2.18. The monoisotopic (exact) mass is 229 g/mol. The predicted octanol–water partition coefficient (Wildman–Crippen LogP) is 1.44. The van der Waals surface area contributed by atoms with E-state index in [2.05, 4.69) is 30.7 Å². The molecule has 0 aromatic carbocycles. The van der Waals surface area contributed by atoms with Gasteiger partial charge in [-0.05, 0) is 0 Å². The Morgan fingerprint density at radius 2 is 1.93 bits per heavy atom. The standard InChI is InChI=1S/C11H23N3S/c1-11(2,3)10(12)13-4-5-14-6-8-15-9-7-14/h4-9H2,1-3H3,(H2,12,13). The van der Waals surface area contributed by atoms with E-state index in [9.17, 15) is 0 Å². The van der Waals surface area contributed by atoms with Crippen LogP contribution < -0.4 is 5.73 Å². The molecule has 0 spiro atoms. The lowest BCUT2D eigenvalue weighted by Crippen LogP contribution is -2.35. The van der Waals surface area contributed by atoms with E-state index in [0.29, 0.717) is 0 Å². The number of thioether (sulfide) groups is 1. The molecule has 1 saturated heterocycles. The summed E-state index contributed by atoms with van der Waals surface area (Å²) in [6, 6.07) is 0. The summed E-state index contributed by atoms with van der Waals surface area (Å²) in [6.07, 6.45) is 0. The van der Waals surface area contributed by atoms with Crippen LogP contribution in [0, 0.1) is 5.41 Å². The molecule has 0 radical (unpaired) electrons. The summed E-state index contributed by atoms with van der Waals surface area (Å²) < 4.78 is 0. The van der Waals surface area contributed by atoms with Gasteiger partial charge in [0.25, 0.3) is 0 Å². The lowest BCUT2D eigenvalue weighted by Gasteiger charge is -2.25. The van der Waals surface area contributed by atoms with Crippen LogP contribution in [0.25, 0.3) is 0 Å². The van der Waals surface area contributed by atoms with Crippen molar-refractivity contribution in [1.29, 1.82) is 0 Å². The van der Waals surface area contributed by atoms with Gasteiger partial charge in [0, 0.05) is 36.6 Å². The highest BCUT2D eigenvalue weighted by molar-refractivity contribution is 7.99. The fraction of sp³-hybridized carbons (Fsp3) is 0.909. The zero-order valence-corrected chi connectivity index (χ0v) is 10.9. The van der Waals surface area contributed by atoms with Gasteiger partial charge in [-0.2, -0.15) is 11.8 Å². The smallest absolute Gasteiger partial charge is 0.0991 e. The fourth-order valence-electron chi connectivity index (χ4n) is 1.37. The Bertz CT molecular complexity index is 214. The Kier molecular flexibility index (Phi) is 4.93. The number of nitrogens with two attached hydrogens (primary N) is 1. The number of hydrogen-bond donors (Lipinski definition) is 1. The molecule has 4 heteroatoms. The summed E-state index contributed by atoms with van der Waals surface area (Å²) in [5.41, 5.74) is 5.91. The lowest BCUT2D eigenvalue weighted by atomic mass is 9.95. The van der Waals surface area contributed by atoms with Crippen molar-refractivity contribution in [2.45, 2.75) is 20.8 Å². The van der Waals surface area contributed by atoms with Crippen molar-refractivity contribution in [1.82, 2.24) is 4.90 Å². The fourth-order valence-corrected chi connectivity index (χ4v) is 2.35. The summed E-state index contributed by atoms with van der Waals surface area (Å²) in [6.45, 7) is 10.6. The van der Waals surface area contributed by atoms with E-state index >= 15 is 0 Å². The topological polar surface area (TPSA) is 41.6 Å². The Hall–Kier alpha value is -0.220. The maximum absolute atomic E-state index is 5.89. The Morgan fingerprint density at radius 1 is 1.33 bits per heavy atom. The third kappa shape index (κ3) is 4.89. The molecule has 0 unspecified atom stereocenters. The quantitative estimate of drug-likeness (QED) is 0.588. The molecule has 0 aliphatic carbocycles. The number of amidine groups is 1. The van der Waals surface area contributed by atoms with E-state index in [0.717, 1.165) is 18.9 Å². The molecule has 1 heterocycles. The van der Waals surface area contributed by atoms with Gasteiger partial charge in [0.1, 0.15) is 0 Å². The molecular weight excluding hydrogens is 206 g/mol. The minimum atomic E-state index is 0.0117. The van der Waals surface area contributed by atoms with Crippen LogP contribution in [0.15, 0.2) is 4.99 Å². The second-order valence-corrected chi connectivity index (χ2v) is 6.20. The van der Waals surface area contributed by atoms with Crippen molar-refractivity contribution in [2.24, 2.45) is 16.1 Å². The Balaban J connectivity index is 2.25. The molecule has 0 bridgehead atoms. The van der Waals surface area contributed by atoms with Gasteiger partial charge in [-0.25, -0.2) is 0 Å². The van der Waals surface area contributed by atoms with Gasteiger partial charge in [0.2, 0.25) is 0 Å². The number of aliphatic imine (C=N–C) groups is 1. The van der Waals surface area contributed by atoms with E-state index in [-0.39, 0.29) is 5.41 Å². The average molecular weight is 229 g/mol. The molecule has 0 aromatic rings. The van der Waals surface area contributed by atoms with E-state index in [1.54, 1.807) is 0 Å². The SMILES string of the molecule is CC(C)(C)C(N)=NCCN1CCSCC1. The van der Waals surface area contributed by atoms with Crippen molar-refractivity contribution in [3.63, 3.8) is 0 Å². The first kappa shape index (κ1) is 12.8. The molecule has 0 amide bonds. The minimum absolute atomic E-state index is 0.0117. The summed E-state index contributed by atoms with van der Waals surface area (Å²) in [7, 11) is 0. The van der Waals surface area contributed by atoms with Crippen molar-refractivity contribution >= 4 is 17.6 Å². The summed E-state index contributed by atoms with van der Waals surface area (Å²) in [5, 5.41) is 0. The summed E-state index contributed by atoms with van der Waals surface area (Å²) in [5.74, 6) is 3.30. The summed E-state index contributed by atoms with van der Waals surface area (Å²) >= 11 is 2.04. The van der Waals surface area contributed by atoms with E-state index in [1.165, 1.54) is 24.6 Å². The van der Waals surface area contributed by atoms with Crippen LogP contribution in [0.2, 0.25) is 0 Å². The predicted molar refractivity (Wildman–Crippen MR) is 69.7 cm³/mol. The molecule has 15 heavy (non-hydrogen) atoms. The van der Waals surface area contributed by atoms with E-state index in [4.69, 9.17) is 5.73 Å². The second-order valence-electron chi connectivity index (χ2n) is 4.97. The molecule has 88 valence electrons. The third-order valence-corrected chi connectivity index (χ3v) is 3.51. The molecular formula is C11H23N3S. The Labute approximate surface area is 97.5 Å². The van der Waals surface area contributed by atoms with E-state index < -0.39 is 0 Å². The second kappa shape index (κ2) is 5.75. The van der Waals surface area contributed by atoms with Crippen LogP contribution in [-0.4, -0.2) is 48.4 Å². The minimum Gasteiger partial charge on any atom is -0.387 e. The number of hydrogen-bond acceptors (Lipinski definition) is 3. The molecule has 1 fully saturated rings. The zero-order valence-electron chi connectivity index (χ0n) is 10.1. The first-order chi connectivity index (χ1) is 7.00. The molecule has 1 aliphatic heterocycles. The van der Waals surface area contributed by atoms with Gasteiger partial charge in [0.05, 0.1) is 12.4 Å². The van der Waals surface area contributed by atoms with Gasteiger partial charge in [0.15, 0.2) is 0 Å². The number of nitrogens with zero attached hydrogens (tertiary/aromatic N) is 2. The van der Waals surface area contributed by atoms with Crippen LogP contribution in [-0.2, 0) is 0 Å². The first-order valence-corrected chi connectivity index (χ1v) is 6.76. The normalized spacial score (nSPS) is 20.6. The van der Waals surface area contributed by atoms with Gasteiger partial charge in [-0.1, -0.05) is 20.8 Å². The summed E-state index contributed by atoms with van der Waals surface area (Å²) in [4.78, 5) is 6.90. The third-order valence-electron chi connectivity index (χ3n) is 2.57. The van der Waals surface area contributed by atoms with Crippen molar-refractivity contribution < 1.29 is 0 Å². The molecule has 1 aliphatic rings. The maximum atomic E-state index is 5.89. The molecule has 0 atom stereocenters. The van der Waals surface area contributed by atoms with Gasteiger partial charge in [-0.15, -0.1) is 0 Å². The van der Waals surface area contributed by atoms with Gasteiger partial charge >= 0.3 is 0 Å². The van der Waals surface area contributed by atoms with Crippen LogP contribution in [0.5, 0.6) is 0 Å². The first-order valence-electron chi connectivity index (χ1n) is 5.60. The van der Waals surface area contributed by atoms with Crippen LogP contribution in [0.4, 0.5) is 0 Å². The highest BCUT2D eigenvalue weighted by atomic mass is 32.2. The van der Waals surface area contributed by atoms with Gasteiger partial charge in [-0.3, -0.25) is 9.89 Å². The number of rotatable bonds is 3. The molecule has 0 aromatic heterocycles. The van der Waals surface area contributed by atoms with E-state index in [1.807, 2.05) is 11.8 Å². The van der Waals surface area contributed by atoms with Crippen molar-refractivity contribution in [3.8, 4) is 0 Å². The largest absolute Gasteiger partial charge is 0.387 e. The van der Waals surface area contributed by atoms with Crippen molar-refractivity contribution in [3.05, 3.63) is 0 Å². The van der Waals surface area contributed by atoms with Crippen LogP contribution >= 0.6 is 11.8 Å². The molecule has 2 N–H and O–H groups in total. The highest BCUT2D eigenvalue weighted by Crippen LogP contribution is 2.12. The molecule has 0 saturated carbocycles. The molecule has 3 nitrogen and oxygen atoms in total. The zero-order chi connectivity index (χ0) is 11.3. The molecule has 1 rings (SSSR count). The van der Waals surface area contributed by atoms with Gasteiger partial charge < -0.3 is 5.73 Å². The van der Waals surface area contributed by atoms with Crippen molar-refractivity contribution in [2.75, 3.05) is 37.7 Å². The highest BCUT2D eigenvalue weighted by Gasteiger charge is 2.15.